The third-order valence-corrected chi connectivity index (χ3v) is 3.38. The summed E-state index contributed by atoms with van der Waals surface area (Å²) in [7, 11) is -5.35. The Morgan fingerprint density at radius 2 is 1.91 bits per heavy atom. The summed E-state index contributed by atoms with van der Waals surface area (Å²) < 4.78 is 52.7. The molecule has 0 aromatic heterocycles. The van der Waals surface area contributed by atoms with Gasteiger partial charge in [-0.15, -0.1) is 0 Å². The van der Waals surface area contributed by atoms with Crippen LogP contribution in [0.1, 0.15) is 37.8 Å². The van der Waals surface area contributed by atoms with Gasteiger partial charge in [0.15, 0.2) is 0 Å². The Labute approximate surface area is 126 Å². The second-order valence-electron chi connectivity index (χ2n) is 4.60. The first-order chi connectivity index (χ1) is 10.1. The van der Waals surface area contributed by atoms with E-state index in [-0.39, 0.29) is 17.2 Å². The van der Waals surface area contributed by atoms with E-state index in [0.29, 0.717) is 12.8 Å². The van der Waals surface area contributed by atoms with E-state index in [1.54, 1.807) is 13.8 Å². The molecule has 0 bridgehead atoms. The van der Waals surface area contributed by atoms with Gasteiger partial charge in [-0.2, -0.15) is 13.2 Å². The smallest absolute Gasteiger partial charge is 0.416 e. The normalized spacial score (nSPS) is 13.5. The van der Waals surface area contributed by atoms with Gasteiger partial charge in [0.1, 0.15) is 7.82 Å². The van der Waals surface area contributed by atoms with Gasteiger partial charge in [-0.3, -0.25) is 0 Å². The lowest BCUT2D eigenvalue weighted by atomic mass is 9.91. The first kappa shape index (κ1) is 18.7. The average molecular weight is 337 g/mol. The highest BCUT2D eigenvalue weighted by molar-refractivity contribution is 7.43. The predicted molar refractivity (Wildman–Crippen MR) is 70.7 cm³/mol. The van der Waals surface area contributed by atoms with Crippen LogP contribution in [0.25, 0.3) is 0 Å². The summed E-state index contributed by atoms with van der Waals surface area (Å²) in [6, 6.07) is 4.28. The molecule has 1 aromatic carbocycles. The highest BCUT2D eigenvalue weighted by Crippen LogP contribution is 2.31. The van der Waals surface area contributed by atoms with Crippen LogP contribution in [0.15, 0.2) is 29.4 Å². The molecule has 0 amide bonds. The van der Waals surface area contributed by atoms with Gasteiger partial charge in [0.2, 0.25) is 0 Å². The molecule has 9 heteroatoms. The molecule has 0 saturated carbocycles. The zero-order valence-corrected chi connectivity index (χ0v) is 12.9. The Bertz CT molecular complexity index is 579. The summed E-state index contributed by atoms with van der Waals surface area (Å²) in [5, 5.41) is 3.29. The molecule has 0 aliphatic heterocycles. The molecule has 0 aliphatic rings. The van der Waals surface area contributed by atoms with Gasteiger partial charge < -0.3 is 19.0 Å². The molecular weight excluding hydrogens is 322 g/mol. The Balaban J connectivity index is 3.30. The van der Waals surface area contributed by atoms with Crippen molar-refractivity contribution in [3.63, 3.8) is 0 Å². The van der Waals surface area contributed by atoms with Crippen LogP contribution in [-0.4, -0.2) is 5.71 Å². The number of benzene rings is 1. The van der Waals surface area contributed by atoms with Crippen LogP contribution >= 0.6 is 7.82 Å². The number of halogens is 3. The van der Waals surface area contributed by atoms with Gasteiger partial charge in [-0.25, -0.2) is 0 Å². The van der Waals surface area contributed by atoms with Crippen LogP contribution in [0.4, 0.5) is 13.2 Å². The Morgan fingerprint density at radius 3 is 2.36 bits per heavy atom. The topological polar surface area (TPSA) is 84.8 Å². The van der Waals surface area contributed by atoms with E-state index in [9.17, 15) is 27.5 Å². The summed E-state index contributed by atoms with van der Waals surface area (Å²) in [5.41, 5.74) is -0.823. The van der Waals surface area contributed by atoms with Crippen molar-refractivity contribution < 1.29 is 32.1 Å². The minimum Gasteiger partial charge on any atom is -0.778 e. The Hall–Kier alpha value is -1.37. The summed E-state index contributed by atoms with van der Waals surface area (Å²) >= 11 is 0. The molecule has 0 atom stereocenters. The van der Waals surface area contributed by atoms with Crippen LogP contribution in [0, 0.1) is 5.92 Å². The molecule has 0 aliphatic carbocycles. The second-order valence-corrected chi connectivity index (χ2v) is 5.66. The van der Waals surface area contributed by atoms with E-state index >= 15 is 0 Å². The number of hydrogen-bond acceptors (Lipinski definition) is 5. The first-order valence-corrected chi connectivity index (χ1v) is 8.00. The fourth-order valence-electron chi connectivity index (χ4n) is 1.99. The van der Waals surface area contributed by atoms with Crippen molar-refractivity contribution in [3.8, 4) is 0 Å². The minimum atomic E-state index is -5.35. The van der Waals surface area contributed by atoms with Crippen LogP contribution < -0.4 is 9.79 Å². The largest absolute Gasteiger partial charge is 0.778 e. The maximum Gasteiger partial charge on any atom is 0.416 e. The highest BCUT2D eigenvalue weighted by Gasteiger charge is 2.31. The lowest BCUT2D eigenvalue weighted by Crippen LogP contribution is -2.19. The predicted octanol–water partition coefficient (Wildman–Crippen LogP) is 2.69. The zero-order chi connectivity index (χ0) is 17.0. The third-order valence-electron chi connectivity index (χ3n) is 3.10. The van der Waals surface area contributed by atoms with Gasteiger partial charge in [0.05, 0.1) is 11.3 Å². The molecule has 22 heavy (non-hydrogen) atoms. The molecule has 0 unspecified atom stereocenters. The van der Waals surface area contributed by atoms with Gasteiger partial charge in [0.25, 0.3) is 0 Å². The summed E-state index contributed by atoms with van der Waals surface area (Å²) in [6.07, 6.45) is -3.55. The molecule has 0 spiro atoms. The molecule has 5 nitrogen and oxygen atoms in total. The van der Waals surface area contributed by atoms with E-state index in [2.05, 4.69) is 9.78 Å². The monoisotopic (exact) mass is 337 g/mol. The highest BCUT2D eigenvalue weighted by atomic mass is 31.2. The molecule has 1 rings (SSSR count). The SMILES string of the molecule is CCC(CC)C(=NOP(=O)([O-])[O-])c1cccc(C(F)(F)F)c1. The third kappa shape index (κ3) is 5.44. The van der Waals surface area contributed by atoms with Crippen molar-refractivity contribution in [2.75, 3.05) is 0 Å². The lowest BCUT2D eigenvalue weighted by molar-refractivity contribution is -0.341. The van der Waals surface area contributed by atoms with Gasteiger partial charge >= 0.3 is 6.18 Å². The van der Waals surface area contributed by atoms with Crippen LogP contribution in [-0.2, 0) is 15.4 Å². The van der Waals surface area contributed by atoms with E-state index in [4.69, 9.17) is 0 Å². The number of rotatable bonds is 6. The summed E-state index contributed by atoms with van der Waals surface area (Å²) in [5.74, 6) is -0.338. The van der Waals surface area contributed by atoms with Crippen molar-refractivity contribution in [1.29, 1.82) is 0 Å². The van der Waals surface area contributed by atoms with Crippen molar-refractivity contribution in [3.05, 3.63) is 35.4 Å². The van der Waals surface area contributed by atoms with E-state index in [0.717, 1.165) is 12.1 Å². The molecule has 124 valence electrons. The molecule has 0 radical (unpaired) electrons. The van der Waals surface area contributed by atoms with Crippen LogP contribution in [0.3, 0.4) is 0 Å². The zero-order valence-electron chi connectivity index (χ0n) is 12.0. The van der Waals surface area contributed by atoms with Crippen molar-refractivity contribution in [1.82, 2.24) is 0 Å². The maximum atomic E-state index is 12.8. The van der Waals surface area contributed by atoms with Crippen LogP contribution in [0.2, 0.25) is 0 Å². The lowest BCUT2D eigenvalue weighted by Gasteiger charge is -2.26. The Morgan fingerprint density at radius 1 is 1.32 bits per heavy atom. The first-order valence-electron chi connectivity index (χ1n) is 6.54. The quantitative estimate of drug-likeness (QED) is 0.454. The second kappa shape index (κ2) is 7.26. The van der Waals surface area contributed by atoms with Gasteiger partial charge in [-0.1, -0.05) is 31.1 Å². The molecular formula is C13H15F3NO4P-2. The summed E-state index contributed by atoms with van der Waals surface area (Å²) in [4.78, 5) is 21.1. The van der Waals surface area contributed by atoms with Gasteiger partial charge in [-0.05, 0) is 25.0 Å². The molecule has 0 saturated heterocycles. The average Bonchev–Trinajstić information content (AvgIpc) is 2.41. The Kier molecular flexibility index (Phi) is 6.17. The van der Waals surface area contributed by atoms with Crippen molar-refractivity contribution >= 4 is 13.5 Å². The summed E-state index contributed by atoms with van der Waals surface area (Å²) in [6.45, 7) is 3.54. The van der Waals surface area contributed by atoms with E-state index < -0.39 is 19.6 Å². The number of oxime groups is 1. The fraction of sp³-hybridized carbons (Fsp3) is 0.462. The number of nitrogens with zero attached hydrogens (tertiary/aromatic N) is 1. The molecule has 0 fully saturated rings. The fourth-order valence-corrected chi connectivity index (χ4v) is 2.18. The molecule has 0 heterocycles. The maximum absolute atomic E-state index is 12.8. The molecule has 1 aromatic rings. The van der Waals surface area contributed by atoms with Gasteiger partial charge in [0, 0.05) is 11.5 Å². The van der Waals surface area contributed by atoms with E-state index in [1.807, 2.05) is 0 Å². The minimum absolute atomic E-state index is 0.00280. The number of hydrogen-bond donors (Lipinski definition) is 0. The van der Waals surface area contributed by atoms with Crippen LogP contribution in [0.5, 0.6) is 0 Å². The molecule has 0 N–H and O–H groups in total. The standard InChI is InChI=1S/C13H17F3NO4P/c1-3-9(4-2)12(17-21-22(18,19)20)10-6-5-7-11(8-10)13(14,15)16/h5-9H,3-4H2,1-2H3,(H2,18,19,20)/p-2. The number of alkyl halides is 3. The van der Waals surface area contributed by atoms with E-state index in [1.165, 1.54) is 12.1 Å². The van der Waals surface area contributed by atoms with Crippen molar-refractivity contribution in [2.45, 2.75) is 32.9 Å². The van der Waals surface area contributed by atoms with Crippen molar-refractivity contribution in [2.24, 2.45) is 11.1 Å². The number of phosphoric acid groups is 1.